The molecule has 1 unspecified atom stereocenters. The highest BCUT2D eigenvalue weighted by Gasteiger charge is 2.23. The van der Waals surface area contributed by atoms with Gasteiger partial charge in [0.15, 0.2) is 5.96 Å². The van der Waals surface area contributed by atoms with Crippen LogP contribution in [0.4, 0.5) is 5.69 Å². The highest BCUT2D eigenvalue weighted by Crippen LogP contribution is 2.19. The van der Waals surface area contributed by atoms with Crippen LogP contribution in [0.2, 0.25) is 0 Å². The van der Waals surface area contributed by atoms with Crippen molar-refractivity contribution >= 4 is 35.6 Å². The van der Waals surface area contributed by atoms with Crippen LogP contribution in [0.5, 0.6) is 0 Å². The molecule has 2 aromatic carbocycles. The molecular weight excluding hydrogens is 513 g/mol. The summed E-state index contributed by atoms with van der Waals surface area (Å²) in [7, 11) is 1.81. The molecule has 6 nitrogen and oxygen atoms in total. The van der Waals surface area contributed by atoms with Crippen LogP contribution >= 0.6 is 24.0 Å². The normalized spacial score (nSPS) is 15.8. The number of hydrogen-bond acceptors (Lipinski definition) is 3. The highest BCUT2D eigenvalue weighted by molar-refractivity contribution is 14.0. The first-order valence-corrected chi connectivity index (χ1v) is 10.7. The number of aliphatic imine (C=N–C) groups is 1. The van der Waals surface area contributed by atoms with Gasteiger partial charge in [-0.25, -0.2) is 0 Å². The fourth-order valence-electron chi connectivity index (χ4n) is 3.88. The molecular formula is C25H30IN5O. The summed E-state index contributed by atoms with van der Waals surface area (Å²) >= 11 is 0. The van der Waals surface area contributed by atoms with Crippen molar-refractivity contribution in [3.8, 4) is 0 Å². The number of rotatable bonds is 6. The van der Waals surface area contributed by atoms with Gasteiger partial charge in [-0.1, -0.05) is 48.5 Å². The molecule has 2 N–H and O–H groups in total. The van der Waals surface area contributed by atoms with Crippen molar-refractivity contribution in [3.05, 3.63) is 100 Å². The molecule has 1 aliphatic heterocycles. The van der Waals surface area contributed by atoms with Gasteiger partial charge < -0.3 is 20.1 Å². The zero-order valence-corrected chi connectivity index (χ0v) is 20.6. The molecule has 1 saturated heterocycles. The third-order valence-electron chi connectivity index (χ3n) is 5.61. The Balaban J connectivity index is 0.00000289. The van der Waals surface area contributed by atoms with E-state index in [0.29, 0.717) is 19.1 Å². The van der Waals surface area contributed by atoms with Crippen LogP contribution in [0.25, 0.3) is 0 Å². The molecule has 0 spiro atoms. The lowest BCUT2D eigenvalue weighted by molar-refractivity contribution is 0.648. The van der Waals surface area contributed by atoms with E-state index in [1.807, 2.05) is 12.3 Å². The number of pyridine rings is 1. The number of aromatic nitrogens is 1. The first-order valence-electron chi connectivity index (χ1n) is 10.7. The van der Waals surface area contributed by atoms with Gasteiger partial charge in [-0.3, -0.25) is 9.79 Å². The Morgan fingerprint density at radius 3 is 2.44 bits per heavy atom. The Labute approximate surface area is 206 Å². The summed E-state index contributed by atoms with van der Waals surface area (Å²) in [6.07, 6.45) is 2.90. The number of benzene rings is 2. The predicted molar refractivity (Wildman–Crippen MR) is 142 cm³/mol. The van der Waals surface area contributed by atoms with Crippen LogP contribution < -0.4 is 21.1 Å². The van der Waals surface area contributed by atoms with Crippen molar-refractivity contribution in [3.63, 3.8) is 0 Å². The van der Waals surface area contributed by atoms with E-state index in [0.717, 1.165) is 31.0 Å². The molecule has 0 aliphatic carbocycles. The largest absolute Gasteiger partial charge is 0.369 e. The second-order valence-corrected chi connectivity index (χ2v) is 7.82. The average molecular weight is 543 g/mol. The van der Waals surface area contributed by atoms with Crippen molar-refractivity contribution in [2.24, 2.45) is 4.99 Å². The van der Waals surface area contributed by atoms with Gasteiger partial charge >= 0.3 is 0 Å². The van der Waals surface area contributed by atoms with Gasteiger partial charge in [0, 0.05) is 50.7 Å². The second-order valence-electron chi connectivity index (χ2n) is 7.82. The predicted octanol–water partition coefficient (Wildman–Crippen LogP) is 3.46. The van der Waals surface area contributed by atoms with E-state index in [1.54, 1.807) is 23.7 Å². The van der Waals surface area contributed by atoms with Gasteiger partial charge in [0.1, 0.15) is 0 Å². The number of nitrogens with one attached hydrogen (secondary N) is 2. The van der Waals surface area contributed by atoms with Crippen LogP contribution in [0.15, 0.2) is 88.8 Å². The molecule has 168 valence electrons. The number of hydrogen-bond donors (Lipinski definition) is 2. The van der Waals surface area contributed by atoms with E-state index in [9.17, 15) is 4.79 Å². The molecule has 1 atom stereocenters. The molecule has 0 amide bonds. The highest BCUT2D eigenvalue weighted by atomic mass is 127. The standard InChI is InChI=1S/C25H29N5O.HI/c1-26-25(28-22-14-16-29(19-22)23-7-3-2-4-8-23)27-17-20-10-12-21(13-11-20)18-30-15-6-5-9-24(30)31;/h2-13,15,22H,14,16-19H2,1H3,(H2,26,27,28);1H. The molecule has 1 fully saturated rings. The Morgan fingerprint density at radius 1 is 1.00 bits per heavy atom. The Bertz CT molecular complexity index is 1070. The Morgan fingerprint density at radius 2 is 1.72 bits per heavy atom. The Hall–Kier alpha value is -2.81. The minimum atomic E-state index is 0. The van der Waals surface area contributed by atoms with Gasteiger partial charge in [-0.2, -0.15) is 0 Å². The molecule has 0 bridgehead atoms. The number of anilines is 1. The number of para-hydroxylation sites is 1. The first-order chi connectivity index (χ1) is 15.2. The lowest BCUT2D eigenvalue weighted by Gasteiger charge is -2.20. The van der Waals surface area contributed by atoms with Gasteiger partial charge in [0.25, 0.3) is 5.56 Å². The number of guanidine groups is 1. The smallest absolute Gasteiger partial charge is 0.250 e. The molecule has 7 heteroatoms. The average Bonchev–Trinajstić information content (AvgIpc) is 3.28. The van der Waals surface area contributed by atoms with Gasteiger partial charge in [0.2, 0.25) is 0 Å². The summed E-state index contributed by atoms with van der Waals surface area (Å²) in [6, 6.07) is 24.5. The minimum absolute atomic E-state index is 0. The van der Waals surface area contributed by atoms with E-state index in [-0.39, 0.29) is 29.5 Å². The summed E-state index contributed by atoms with van der Waals surface area (Å²) in [5, 5.41) is 6.96. The molecule has 0 radical (unpaired) electrons. The zero-order valence-electron chi connectivity index (χ0n) is 18.3. The summed E-state index contributed by atoms with van der Waals surface area (Å²) in [5.74, 6) is 0.819. The van der Waals surface area contributed by atoms with Crippen LogP contribution in [0.3, 0.4) is 0 Å². The summed E-state index contributed by atoms with van der Waals surface area (Å²) in [6.45, 7) is 3.29. The molecule has 3 aromatic rings. The maximum Gasteiger partial charge on any atom is 0.250 e. The van der Waals surface area contributed by atoms with Crippen molar-refractivity contribution in [2.45, 2.75) is 25.6 Å². The quantitative estimate of drug-likeness (QED) is 0.284. The maximum absolute atomic E-state index is 11.9. The van der Waals surface area contributed by atoms with Crippen molar-refractivity contribution < 1.29 is 0 Å². The van der Waals surface area contributed by atoms with Crippen LogP contribution in [-0.2, 0) is 13.1 Å². The number of nitrogens with zero attached hydrogens (tertiary/aromatic N) is 3. The fraction of sp³-hybridized carbons (Fsp3) is 0.280. The molecule has 4 rings (SSSR count). The van der Waals surface area contributed by atoms with Crippen molar-refractivity contribution in [1.82, 2.24) is 15.2 Å². The summed E-state index contributed by atoms with van der Waals surface area (Å²) in [5.41, 5.74) is 3.56. The molecule has 1 aliphatic rings. The minimum Gasteiger partial charge on any atom is -0.369 e. The van der Waals surface area contributed by atoms with Crippen molar-refractivity contribution in [2.75, 3.05) is 25.0 Å². The number of halogens is 1. The SMILES string of the molecule is CN=C(NCc1ccc(Cn2ccccc2=O)cc1)NC1CCN(c2ccccc2)C1.I. The topological polar surface area (TPSA) is 61.7 Å². The van der Waals surface area contributed by atoms with E-state index in [2.05, 4.69) is 75.1 Å². The van der Waals surface area contributed by atoms with Crippen molar-refractivity contribution in [1.29, 1.82) is 0 Å². The third kappa shape index (κ3) is 6.35. The molecule has 32 heavy (non-hydrogen) atoms. The third-order valence-corrected chi connectivity index (χ3v) is 5.61. The lowest BCUT2D eigenvalue weighted by Crippen LogP contribution is -2.44. The maximum atomic E-state index is 11.9. The zero-order chi connectivity index (χ0) is 21.5. The van der Waals surface area contributed by atoms with Crippen LogP contribution in [0, 0.1) is 0 Å². The fourth-order valence-corrected chi connectivity index (χ4v) is 3.88. The molecule has 1 aromatic heterocycles. The van der Waals surface area contributed by atoms with E-state index in [4.69, 9.17) is 0 Å². The van der Waals surface area contributed by atoms with Crippen LogP contribution in [0.1, 0.15) is 17.5 Å². The van der Waals surface area contributed by atoms with E-state index >= 15 is 0 Å². The second kappa shape index (κ2) is 11.7. The lowest BCUT2D eigenvalue weighted by atomic mass is 10.1. The monoisotopic (exact) mass is 543 g/mol. The summed E-state index contributed by atoms with van der Waals surface area (Å²) < 4.78 is 1.71. The van der Waals surface area contributed by atoms with Gasteiger partial charge in [0.05, 0.1) is 6.54 Å². The van der Waals surface area contributed by atoms with E-state index < -0.39 is 0 Å². The van der Waals surface area contributed by atoms with Gasteiger partial charge in [-0.05, 0) is 35.7 Å². The molecule has 2 heterocycles. The first kappa shape index (κ1) is 23.8. The van der Waals surface area contributed by atoms with Crippen LogP contribution in [-0.4, -0.2) is 36.7 Å². The molecule has 0 saturated carbocycles. The Kier molecular flexibility index (Phi) is 8.72. The van der Waals surface area contributed by atoms with Gasteiger partial charge in [-0.15, -0.1) is 24.0 Å². The summed E-state index contributed by atoms with van der Waals surface area (Å²) in [4.78, 5) is 18.7. The van der Waals surface area contributed by atoms with E-state index in [1.165, 1.54) is 11.3 Å².